The predicted octanol–water partition coefficient (Wildman–Crippen LogP) is 4.31. The number of hydrogen-bond acceptors (Lipinski definition) is 6. The smallest absolute Gasteiger partial charge is 0.270 e. The molecule has 0 bridgehead atoms. The lowest BCUT2D eigenvalue weighted by Crippen LogP contribution is -2.15. The maximum Gasteiger partial charge on any atom is 0.270 e. The zero-order valence-electron chi connectivity index (χ0n) is 17.7. The lowest BCUT2D eigenvalue weighted by molar-refractivity contribution is 0.346. The van der Waals surface area contributed by atoms with E-state index in [1.165, 1.54) is 38.5 Å². The molecule has 0 amide bonds. The fraction of sp³-hybridized carbons (Fsp3) is 0.500. The number of benzene rings is 1. The summed E-state index contributed by atoms with van der Waals surface area (Å²) in [5, 5.41) is 2.99. The van der Waals surface area contributed by atoms with Crippen LogP contribution in [0.4, 0.5) is 5.95 Å². The molecular formula is C24H29N5O2. The van der Waals surface area contributed by atoms with Crippen molar-refractivity contribution >= 4 is 17.0 Å². The van der Waals surface area contributed by atoms with Crippen LogP contribution in [-0.4, -0.2) is 26.7 Å². The first kappa shape index (κ1) is 20.0. The number of ether oxygens (including phenoxy) is 1. The Morgan fingerprint density at radius 3 is 2.84 bits per heavy atom. The van der Waals surface area contributed by atoms with Gasteiger partial charge in [-0.1, -0.05) is 19.3 Å². The second-order valence-corrected chi connectivity index (χ2v) is 8.83. The Bertz CT molecular complexity index is 1080. The normalized spacial score (nSPS) is 21.7. The van der Waals surface area contributed by atoms with Gasteiger partial charge in [0.1, 0.15) is 11.4 Å². The lowest BCUT2D eigenvalue weighted by atomic mass is 9.96. The minimum atomic E-state index is -0.0999. The lowest BCUT2D eigenvalue weighted by Gasteiger charge is -2.11. The van der Waals surface area contributed by atoms with Crippen molar-refractivity contribution in [1.29, 1.82) is 0 Å². The van der Waals surface area contributed by atoms with E-state index in [-0.39, 0.29) is 12.3 Å². The number of fused-ring (bicyclic) bond motifs is 2. The molecular weight excluding hydrogens is 390 g/mol. The Balaban J connectivity index is 1.12. The van der Waals surface area contributed by atoms with Crippen LogP contribution in [0.5, 0.6) is 5.75 Å². The van der Waals surface area contributed by atoms with Crippen molar-refractivity contribution in [2.24, 2.45) is 17.8 Å². The van der Waals surface area contributed by atoms with Gasteiger partial charge in [0.25, 0.3) is 5.56 Å². The maximum atomic E-state index is 12.5. The molecule has 1 aromatic carbocycles. The topological polar surface area (TPSA) is 92.8 Å². The molecule has 0 spiro atoms. The molecule has 3 atom stereocenters. The van der Waals surface area contributed by atoms with Crippen molar-refractivity contribution in [3.8, 4) is 5.75 Å². The van der Waals surface area contributed by atoms with Crippen molar-refractivity contribution in [2.45, 2.75) is 51.4 Å². The number of aromatic amines is 1. The van der Waals surface area contributed by atoms with E-state index in [0.717, 1.165) is 36.1 Å². The first-order valence-corrected chi connectivity index (χ1v) is 11.4. The summed E-state index contributed by atoms with van der Waals surface area (Å²) in [6.07, 6.45) is 13.3. The number of unbranched alkanes of at least 4 members (excludes halogenated alkanes) is 2. The fourth-order valence-corrected chi connectivity index (χ4v) is 4.99. The van der Waals surface area contributed by atoms with Crippen molar-refractivity contribution in [3.63, 3.8) is 0 Å². The number of anilines is 1. The Morgan fingerprint density at radius 1 is 1.13 bits per heavy atom. The molecule has 162 valence electrons. The summed E-state index contributed by atoms with van der Waals surface area (Å²) < 4.78 is 5.69. The van der Waals surface area contributed by atoms with E-state index < -0.39 is 0 Å². The molecule has 31 heavy (non-hydrogen) atoms. The second kappa shape index (κ2) is 9.04. The molecule has 5 rings (SSSR count). The van der Waals surface area contributed by atoms with Crippen LogP contribution >= 0.6 is 0 Å². The van der Waals surface area contributed by atoms with E-state index in [4.69, 9.17) is 4.74 Å². The summed E-state index contributed by atoms with van der Waals surface area (Å²) in [6.45, 7) is 0.230. The average molecular weight is 420 g/mol. The average Bonchev–Trinajstić information content (AvgIpc) is 3.46. The number of nitrogens with one attached hydrogen (secondary N) is 2. The van der Waals surface area contributed by atoms with Crippen LogP contribution in [0.2, 0.25) is 0 Å². The molecule has 2 N–H and O–H groups in total. The number of rotatable bonds is 10. The number of nitrogens with zero attached hydrogens (tertiary/aromatic N) is 3. The number of hydrogen-bond donors (Lipinski definition) is 2. The van der Waals surface area contributed by atoms with Crippen LogP contribution in [0.1, 0.15) is 50.6 Å². The third-order valence-corrected chi connectivity index (χ3v) is 6.75. The largest absolute Gasteiger partial charge is 0.473 e. The van der Waals surface area contributed by atoms with E-state index in [9.17, 15) is 4.79 Å². The van der Waals surface area contributed by atoms with Crippen LogP contribution < -0.4 is 15.6 Å². The molecule has 0 saturated heterocycles. The third-order valence-electron chi connectivity index (χ3n) is 6.75. The van der Waals surface area contributed by atoms with E-state index in [2.05, 4.69) is 25.3 Å². The molecule has 7 heteroatoms. The van der Waals surface area contributed by atoms with Gasteiger partial charge in [-0.05, 0) is 68.1 Å². The highest BCUT2D eigenvalue weighted by molar-refractivity contribution is 5.75. The fourth-order valence-electron chi connectivity index (χ4n) is 4.99. The van der Waals surface area contributed by atoms with Crippen molar-refractivity contribution in [2.75, 3.05) is 12.0 Å². The van der Waals surface area contributed by atoms with Gasteiger partial charge in [0, 0.05) is 18.5 Å². The second-order valence-electron chi connectivity index (χ2n) is 8.83. The Labute approximate surface area is 181 Å². The van der Waals surface area contributed by atoms with Gasteiger partial charge in [-0.2, -0.15) is 0 Å². The van der Waals surface area contributed by atoms with Crippen molar-refractivity contribution < 1.29 is 4.74 Å². The molecule has 2 fully saturated rings. The minimum absolute atomic E-state index is 0.0999. The molecule has 0 aliphatic heterocycles. The van der Waals surface area contributed by atoms with Crippen LogP contribution in [0.15, 0.2) is 41.5 Å². The van der Waals surface area contributed by atoms with Gasteiger partial charge in [0.05, 0.1) is 11.0 Å². The SMILES string of the molecule is O=c1[nH]c2cc(OCNc3ncccn3)ccc2nc1CCCCC[C@H]1CCC2CC21. The minimum Gasteiger partial charge on any atom is -0.473 e. The molecule has 2 aliphatic rings. The Morgan fingerprint density at radius 2 is 2.03 bits per heavy atom. The highest BCUT2D eigenvalue weighted by Gasteiger charge is 2.47. The van der Waals surface area contributed by atoms with E-state index in [1.807, 2.05) is 12.1 Å². The summed E-state index contributed by atoms with van der Waals surface area (Å²) in [4.78, 5) is 28.2. The van der Waals surface area contributed by atoms with Gasteiger partial charge in [0.2, 0.25) is 5.95 Å². The first-order chi connectivity index (χ1) is 15.3. The predicted molar refractivity (Wildman–Crippen MR) is 120 cm³/mol. The monoisotopic (exact) mass is 419 g/mol. The Hall–Kier alpha value is -2.96. The van der Waals surface area contributed by atoms with Crippen LogP contribution in [-0.2, 0) is 6.42 Å². The van der Waals surface area contributed by atoms with Crippen molar-refractivity contribution in [3.05, 3.63) is 52.7 Å². The van der Waals surface area contributed by atoms with Gasteiger partial charge >= 0.3 is 0 Å². The molecule has 2 heterocycles. The van der Waals surface area contributed by atoms with Crippen LogP contribution in [0.3, 0.4) is 0 Å². The van der Waals surface area contributed by atoms with E-state index in [1.54, 1.807) is 24.5 Å². The number of aromatic nitrogens is 4. The Kier molecular flexibility index (Phi) is 5.82. The van der Waals surface area contributed by atoms with Crippen LogP contribution in [0, 0.1) is 17.8 Å². The first-order valence-electron chi connectivity index (χ1n) is 11.4. The van der Waals surface area contributed by atoms with Gasteiger partial charge < -0.3 is 15.0 Å². The summed E-state index contributed by atoms with van der Waals surface area (Å²) in [7, 11) is 0. The zero-order valence-corrected chi connectivity index (χ0v) is 17.7. The molecule has 2 saturated carbocycles. The maximum absolute atomic E-state index is 12.5. The third kappa shape index (κ3) is 4.86. The summed E-state index contributed by atoms with van der Waals surface area (Å²) in [5.41, 5.74) is 2.00. The molecule has 7 nitrogen and oxygen atoms in total. The van der Waals surface area contributed by atoms with Crippen molar-refractivity contribution in [1.82, 2.24) is 19.9 Å². The summed E-state index contributed by atoms with van der Waals surface area (Å²) in [6, 6.07) is 7.30. The van der Waals surface area contributed by atoms with E-state index in [0.29, 0.717) is 22.9 Å². The standard InChI is InChI=1S/C24H29N5O2/c30-23-21(6-3-1-2-5-16-7-8-17-13-19(16)17)28-20-10-9-18(14-22(20)29-23)31-15-27-24-25-11-4-12-26-24/h4,9-12,14,16-17,19H,1-3,5-8,13,15H2,(H,29,30)(H,25,26,27)/t16-,17?,19?/m0/s1. The number of H-pyrrole nitrogens is 1. The summed E-state index contributed by atoms with van der Waals surface area (Å²) in [5.74, 6) is 4.26. The zero-order chi connectivity index (χ0) is 21.0. The highest BCUT2D eigenvalue weighted by Crippen LogP contribution is 2.56. The molecule has 2 aliphatic carbocycles. The van der Waals surface area contributed by atoms with E-state index >= 15 is 0 Å². The molecule has 2 aromatic heterocycles. The molecule has 3 aromatic rings. The van der Waals surface area contributed by atoms with Gasteiger partial charge in [-0.3, -0.25) is 4.79 Å². The summed E-state index contributed by atoms with van der Waals surface area (Å²) >= 11 is 0. The van der Waals surface area contributed by atoms with Gasteiger partial charge in [-0.25, -0.2) is 15.0 Å². The van der Waals surface area contributed by atoms with Crippen LogP contribution in [0.25, 0.3) is 11.0 Å². The number of aryl methyl sites for hydroxylation is 1. The van der Waals surface area contributed by atoms with Gasteiger partial charge in [-0.15, -0.1) is 0 Å². The quantitative estimate of drug-likeness (QED) is 0.376. The molecule has 2 unspecified atom stereocenters. The highest BCUT2D eigenvalue weighted by atomic mass is 16.5. The molecule has 0 radical (unpaired) electrons. The van der Waals surface area contributed by atoms with Gasteiger partial charge in [0.15, 0.2) is 6.73 Å².